The summed E-state index contributed by atoms with van der Waals surface area (Å²) in [6.45, 7) is 9.29. The van der Waals surface area contributed by atoms with Crippen LogP contribution in [0.2, 0.25) is 0 Å². The Bertz CT molecular complexity index is 515. The minimum absolute atomic E-state index is 0.0785. The quantitative estimate of drug-likeness (QED) is 0.674. The van der Waals surface area contributed by atoms with Gasteiger partial charge in [0.2, 0.25) is 0 Å². The summed E-state index contributed by atoms with van der Waals surface area (Å²) in [5, 5.41) is 6.04. The summed E-state index contributed by atoms with van der Waals surface area (Å²) in [6.07, 6.45) is 4.64. The number of ether oxygens (including phenoxy) is 1. The molecule has 2 rings (SSSR count). The summed E-state index contributed by atoms with van der Waals surface area (Å²) in [6, 6.07) is 8.49. The van der Waals surface area contributed by atoms with Crippen molar-refractivity contribution < 1.29 is 9.53 Å². The van der Waals surface area contributed by atoms with Gasteiger partial charge in [0.25, 0.3) is 0 Å². The third kappa shape index (κ3) is 7.45. The van der Waals surface area contributed by atoms with Gasteiger partial charge < -0.3 is 15.4 Å². The Morgan fingerprint density at radius 2 is 1.92 bits per heavy atom. The van der Waals surface area contributed by atoms with Gasteiger partial charge in [-0.1, -0.05) is 50.5 Å². The summed E-state index contributed by atoms with van der Waals surface area (Å²) >= 11 is 0. The van der Waals surface area contributed by atoms with Crippen molar-refractivity contribution in [2.45, 2.75) is 58.7 Å². The van der Waals surface area contributed by atoms with E-state index in [1.807, 2.05) is 6.07 Å². The number of carbonyl (C=O) groups excluding carboxylic acids is 1. The molecule has 0 radical (unpaired) electrons. The van der Waals surface area contributed by atoms with Crippen molar-refractivity contribution in [2.24, 2.45) is 0 Å². The number of amides is 2. The summed E-state index contributed by atoms with van der Waals surface area (Å²) in [5.74, 6) is 0. The molecule has 2 amide bonds. The molecule has 1 heterocycles. The minimum Gasteiger partial charge on any atom is -0.379 e. The maximum atomic E-state index is 12.1. The van der Waals surface area contributed by atoms with Crippen LogP contribution in [0.25, 0.3) is 0 Å². The largest absolute Gasteiger partial charge is 0.379 e. The second kappa shape index (κ2) is 11.1. The van der Waals surface area contributed by atoms with E-state index in [4.69, 9.17) is 4.74 Å². The zero-order valence-corrected chi connectivity index (χ0v) is 15.7. The minimum atomic E-state index is -0.0785. The Hall–Kier alpha value is -1.59. The van der Waals surface area contributed by atoms with E-state index in [-0.39, 0.29) is 12.1 Å². The summed E-state index contributed by atoms with van der Waals surface area (Å²) in [5.41, 5.74) is 2.46. The molecule has 5 heteroatoms. The fourth-order valence-electron chi connectivity index (χ4n) is 3.11. The van der Waals surface area contributed by atoms with E-state index >= 15 is 0 Å². The van der Waals surface area contributed by atoms with E-state index in [0.29, 0.717) is 6.54 Å². The van der Waals surface area contributed by atoms with E-state index < -0.39 is 0 Å². The summed E-state index contributed by atoms with van der Waals surface area (Å²) < 4.78 is 5.41. The highest BCUT2D eigenvalue weighted by Gasteiger charge is 2.13. The van der Waals surface area contributed by atoms with Gasteiger partial charge >= 0.3 is 6.03 Å². The molecular formula is C20H33N3O2. The van der Waals surface area contributed by atoms with Crippen molar-refractivity contribution >= 4 is 6.03 Å². The van der Waals surface area contributed by atoms with Crippen molar-refractivity contribution in [2.75, 3.05) is 26.3 Å². The van der Waals surface area contributed by atoms with E-state index in [2.05, 4.69) is 47.6 Å². The highest BCUT2D eigenvalue weighted by Crippen LogP contribution is 2.13. The second-order valence-electron chi connectivity index (χ2n) is 6.88. The van der Waals surface area contributed by atoms with Crippen LogP contribution < -0.4 is 10.6 Å². The van der Waals surface area contributed by atoms with Gasteiger partial charge in [-0.3, -0.25) is 4.90 Å². The van der Waals surface area contributed by atoms with E-state index in [1.165, 1.54) is 30.4 Å². The molecule has 1 fully saturated rings. The lowest BCUT2D eigenvalue weighted by Crippen LogP contribution is -2.40. The molecule has 1 aliphatic rings. The van der Waals surface area contributed by atoms with Gasteiger partial charge in [0.15, 0.2) is 0 Å². The van der Waals surface area contributed by atoms with Crippen molar-refractivity contribution in [1.29, 1.82) is 0 Å². The first-order valence-electron chi connectivity index (χ1n) is 9.60. The van der Waals surface area contributed by atoms with Gasteiger partial charge in [-0.25, -0.2) is 4.79 Å². The van der Waals surface area contributed by atoms with Gasteiger partial charge in [0.1, 0.15) is 0 Å². The number of nitrogens with zero attached hydrogens (tertiary/aromatic N) is 1. The fourth-order valence-corrected chi connectivity index (χ4v) is 3.11. The molecule has 0 aromatic heterocycles. The number of hydrogen-bond donors (Lipinski definition) is 2. The molecule has 2 N–H and O–H groups in total. The SMILES string of the molecule is CCCCCC(C)NC(=O)NCc1ccccc1CN1CCOCC1. The standard InChI is InChI=1S/C20H33N3O2/c1-3-4-5-8-17(2)22-20(24)21-15-18-9-6-7-10-19(18)16-23-11-13-25-14-12-23/h6-7,9-10,17H,3-5,8,11-16H2,1-2H3,(H2,21,22,24). The van der Waals surface area contributed by atoms with Crippen LogP contribution in [0.3, 0.4) is 0 Å². The molecule has 0 saturated carbocycles. The van der Waals surface area contributed by atoms with Gasteiger partial charge in [-0.2, -0.15) is 0 Å². The Kier molecular flexibility index (Phi) is 8.77. The number of nitrogens with one attached hydrogen (secondary N) is 2. The topological polar surface area (TPSA) is 53.6 Å². The number of carbonyl (C=O) groups is 1. The van der Waals surface area contributed by atoms with Crippen molar-refractivity contribution in [3.8, 4) is 0 Å². The first-order chi connectivity index (χ1) is 12.2. The van der Waals surface area contributed by atoms with E-state index in [0.717, 1.165) is 39.3 Å². The van der Waals surface area contributed by atoms with Crippen LogP contribution in [0.1, 0.15) is 50.7 Å². The van der Waals surface area contributed by atoms with Gasteiger partial charge in [-0.05, 0) is 24.5 Å². The Labute approximate surface area is 152 Å². The first kappa shape index (κ1) is 19.7. The van der Waals surface area contributed by atoms with Gasteiger partial charge in [0, 0.05) is 32.2 Å². The average molecular weight is 348 g/mol. The zero-order chi connectivity index (χ0) is 17.9. The summed E-state index contributed by atoms with van der Waals surface area (Å²) in [4.78, 5) is 14.5. The maximum absolute atomic E-state index is 12.1. The molecule has 0 spiro atoms. The van der Waals surface area contributed by atoms with Crippen LogP contribution >= 0.6 is 0 Å². The van der Waals surface area contributed by atoms with Crippen LogP contribution in [0, 0.1) is 0 Å². The van der Waals surface area contributed by atoms with Crippen molar-refractivity contribution in [3.05, 3.63) is 35.4 Å². The van der Waals surface area contributed by atoms with Crippen molar-refractivity contribution in [1.82, 2.24) is 15.5 Å². The zero-order valence-electron chi connectivity index (χ0n) is 15.7. The molecule has 0 aliphatic carbocycles. The lowest BCUT2D eigenvalue weighted by Gasteiger charge is -2.27. The lowest BCUT2D eigenvalue weighted by atomic mass is 10.1. The Morgan fingerprint density at radius 1 is 1.20 bits per heavy atom. The Balaban J connectivity index is 1.78. The molecule has 1 aromatic rings. The Morgan fingerprint density at radius 3 is 2.64 bits per heavy atom. The van der Waals surface area contributed by atoms with Gasteiger partial charge in [0.05, 0.1) is 13.2 Å². The smallest absolute Gasteiger partial charge is 0.315 e. The molecular weight excluding hydrogens is 314 g/mol. The molecule has 140 valence electrons. The number of rotatable bonds is 9. The molecule has 0 bridgehead atoms. The molecule has 1 unspecified atom stereocenters. The second-order valence-corrected chi connectivity index (χ2v) is 6.88. The predicted octanol–water partition coefficient (Wildman–Crippen LogP) is 3.29. The van der Waals surface area contributed by atoms with E-state index in [1.54, 1.807) is 0 Å². The molecule has 25 heavy (non-hydrogen) atoms. The fraction of sp³-hybridized carbons (Fsp3) is 0.650. The monoisotopic (exact) mass is 347 g/mol. The van der Waals surface area contributed by atoms with Crippen LogP contribution in [-0.2, 0) is 17.8 Å². The molecule has 1 aromatic carbocycles. The van der Waals surface area contributed by atoms with Crippen molar-refractivity contribution in [3.63, 3.8) is 0 Å². The van der Waals surface area contributed by atoms with Crippen LogP contribution in [0.15, 0.2) is 24.3 Å². The number of urea groups is 1. The number of morpholine rings is 1. The molecule has 1 aliphatic heterocycles. The predicted molar refractivity (Wildman–Crippen MR) is 102 cm³/mol. The van der Waals surface area contributed by atoms with Crippen LogP contribution in [-0.4, -0.2) is 43.3 Å². The van der Waals surface area contributed by atoms with Gasteiger partial charge in [-0.15, -0.1) is 0 Å². The number of benzene rings is 1. The molecule has 5 nitrogen and oxygen atoms in total. The summed E-state index contributed by atoms with van der Waals surface area (Å²) in [7, 11) is 0. The lowest BCUT2D eigenvalue weighted by molar-refractivity contribution is 0.0341. The average Bonchev–Trinajstić information content (AvgIpc) is 2.62. The third-order valence-electron chi connectivity index (χ3n) is 4.67. The van der Waals surface area contributed by atoms with Crippen LogP contribution in [0.5, 0.6) is 0 Å². The third-order valence-corrected chi connectivity index (χ3v) is 4.67. The highest BCUT2D eigenvalue weighted by molar-refractivity contribution is 5.74. The maximum Gasteiger partial charge on any atom is 0.315 e. The number of unbranched alkanes of at least 4 members (excludes halogenated alkanes) is 2. The van der Waals surface area contributed by atoms with E-state index in [9.17, 15) is 4.79 Å². The number of hydrogen-bond acceptors (Lipinski definition) is 3. The molecule has 1 atom stereocenters. The van der Waals surface area contributed by atoms with Crippen LogP contribution in [0.4, 0.5) is 4.79 Å². The highest BCUT2D eigenvalue weighted by atomic mass is 16.5. The first-order valence-corrected chi connectivity index (χ1v) is 9.60. The molecule has 1 saturated heterocycles. The normalized spacial score (nSPS) is 16.4.